The summed E-state index contributed by atoms with van der Waals surface area (Å²) in [5, 5.41) is 12.3. The summed E-state index contributed by atoms with van der Waals surface area (Å²) in [6.07, 6.45) is 2.94. The van der Waals surface area contributed by atoms with Crippen molar-refractivity contribution >= 4 is 0 Å². The Morgan fingerprint density at radius 2 is 2.11 bits per heavy atom. The number of hydrogen-bond acceptors (Lipinski definition) is 4. The van der Waals surface area contributed by atoms with E-state index in [4.69, 9.17) is 14.7 Å². The highest BCUT2D eigenvalue weighted by atomic mass is 16.5. The van der Waals surface area contributed by atoms with E-state index in [9.17, 15) is 0 Å². The van der Waals surface area contributed by atoms with E-state index < -0.39 is 0 Å². The van der Waals surface area contributed by atoms with Gasteiger partial charge in [0.2, 0.25) is 0 Å². The Morgan fingerprint density at radius 1 is 1.32 bits per heavy atom. The third-order valence-electron chi connectivity index (χ3n) is 3.62. The quantitative estimate of drug-likeness (QED) is 0.763. The highest BCUT2D eigenvalue weighted by molar-refractivity contribution is 5.40. The molecule has 1 aromatic rings. The Balaban J connectivity index is 1.84. The molecule has 1 aliphatic rings. The van der Waals surface area contributed by atoms with Crippen LogP contribution in [0.4, 0.5) is 0 Å². The van der Waals surface area contributed by atoms with Crippen LogP contribution in [0.25, 0.3) is 0 Å². The Bertz CT molecular complexity index is 476. The van der Waals surface area contributed by atoms with E-state index >= 15 is 0 Å². The van der Waals surface area contributed by atoms with Gasteiger partial charge in [0, 0.05) is 12.6 Å². The molecule has 0 aliphatic heterocycles. The van der Waals surface area contributed by atoms with E-state index in [-0.39, 0.29) is 5.41 Å². The molecule has 0 aromatic heterocycles. The van der Waals surface area contributed by atoms with Crippen LogP contribution >= 0.6 is 0 Å². The van der Waals surface area contributed by atoms with E-state index in [0.29, 0.717) is 0 Å². The van der Waals surface area contributed by atoms with Crippen molar-refractivity contribution in [1.82, 2.24) is 5.32 Å². The number of benzene rings is 1. The average molecular weight is 260 g/mol. The molecule has 0 amide bonds. The molecule has 1 fully saturated rings. The summed E-state index contributed by atoms with van der Waals surface area (Å²) in [6, 6.07) is 8.25. The zero-order valence-electron chi connectivity index (χ0n) is 11.5. The molecule has 0 unspecified atom stereocenters. The van der Waals surface area contributed by atoms with Crippen LogP contribution in [0.2, 0.25) is 0 Å². The van der Waals surface area contributed by atoms with Crippen LogP contribution in [0.3, 0.4) is 0 Å². The van der Waals surface area contributed by atoms with Crippen LogP contribution in [0, 0.1) is 16.7 Å². The normalized spacial score (nSPS) is 15.6. The molecular weight excluding hydrogens is 240 g/mol. The largest absolute Gasteiger partial charge is 0.497 e. The molecule has 0 atom stereocenters. The maximum atomic E-state index is 8.99. The van der Waals surface area contributed by atoms with E-state index in [0.717, 1.165) is 49.4 Å². The van der Waals surface area contributed by atoms with E-state index in [2.05, 4.69) is 11.4 Å². The fraction of sp³-hybridized carbons (Fsp3) is 0.533. The van der Waals surface area contributed by atoms with E-state index in [1.807, 2.05) is 18.2 Å². The minimum atomic E-state index is -0.0794. The van der Waals surface area contributed by atoms with Crippen LogP contribution in [-0.2, 0) is 6.42 Å². The fourth-order valence-corrected chi connectivity index (χ4v) is 2.09. The molecule has 0 spiro atoms. The van der Waals surface area contributed by atoms with Gasteiger partial charge in [-0.2, -0.15) is 5.26 Å². The van der Waals surface area contributed by atoms with Crippen LogP contribution in [0.15, 0.2) is 18.2 Å². The van der Waals surface area contributed by atoms with Crippen molar-refractivity contribution in [1.29, 1.82) is 5.26 Å². The first kappa shape index (κ1) is 13.7. The topological polar surface area (TPSA) is 54.3 Å². The monoisotopic (exact) mass is 260 g/mol. The number of nitrogens with one attached hydrogen (secondary N) is 1. The second-order valence-electron chi connectivity index (χ2n) is 5.00. The summed E-state index contributed by atoms with van der Waals surface area (Å²) in [4.78, 5) is 0. The van der Waals surface area contributed by atoms with Gasteiger partial charge in [0.05, 0.1) is 25.7 Å². The number of methoxy groups -OCH3 is 2. The zero-order chi connectivity index (χ0) is 13.7. The van der Waals surface area contributed by atoms with Crippen LogP contribution < -0.4 is 14.8 Å². The molecule has 0 saturated heterocycles. The SMILES string of the molecule is COc1ccc(CCNCC2(C#N)CC2)c(OC)c1. The lowest BCUT2D eigenvalue weighted by molar-refractivity contribution is 0.390. The second kappa shape index (κ2) is 5.94. The van der Waals surface area contributed by atoms with Crippen molar-refractivity contribution in [2.24, 2.45) is 5.41 Å². The Morgan fingerprint density at radius 3 is 2.68 bits per heavy atom. The van der Waals surface area contributed by atoms with Crippen molar-refractivity contribution in [2.45, 2.75) is 19.3 Å². The lowest BCUT2D eigenvalue weighted by Gasteiger charge is -2.12. The number of nitriles is 1. The second-order valence-corrected chi connectivity index (χ2v) is 5.00. The van der Waals surface area contributed by atoms with Crippen molar-refractivity contribution in [3.05, 3.63) is 23.8 Å². The molecule has 1 N–H and O–H groups in total. The minimum Gasteiger partial charge on any atom is -0.497 e. The molecule has 0 bridgehead atoms. The molecule has 0 radical (unpaired) electrons. The average Bonchev–Trinajstić information content (AvgIpc) is 3.24. The molecule has 1 aromatic carbocycles. The van der Waals surface area contributed by atoms with Gasteiger partial charge in [-0.05, 0) is 37.4 Å². The summed E-state index contributed by atoms with van der Waals surface area (Å²) < 4.78 is 10.5. The molecule has 19 heavy (non-hydrogen) atoms. The molecule has 102 valence electrons. The first-order chi connectivity index (χ1) is 9.23. The molecule has 1 aliphatic carbocycles. The van der Waals surface area contributed by atoms with Crippen molar-refractivity contribution < 1.29 is 9.47 Å². The lowest BCUT2D eigenvalue weighted by Crippen LogP contribution is -2.25. The summed E-state index contributed by atoms with van der Waals surface area (Å²) >= 11 is 0. The summed E-state index contributed by atoms with van der Waals surface area (Å²) in [5.74, 6) is 1.65. The van der Waals surface area contributed by atoms with Crippen LogP contribution in [-0.4, -0.2) is 27.3 Å². The molecule has 4 nitrogen and oxygen atoms in total. The fourth-order valence-electron chi connectivity index (χ4n) is 2.09. The van der Waals surface area contributed by atoms with Crippen molar-refractivity contribution in [3.63, 3.8) is 0 Å². The first-order valence-electron chi connectivity index (χ1n) is 6.56. The Hall–Kier alpha value is -1.73. The van der Waals surface area contributed by atoms with Gasteiger partial charge >= 0.3 is 0 Å². The maximum Gasteiger partial charge on any atom is 0.125 e. The highest BCUT2D eigenvalue weighted by Crippen LogP contribution is 2.43. The predicted molar refractivity (Wildman–Crippen MR) is 73.4 cm³/mol. The predicted octanol–water partition coefficient (Wildman–Crippen LogP) is 2.14. The molecular formula is C15H20N2O2. The number of hydrogen-bond donors (Lipinski definition) is 1. The van der Waals surface area contributed by atoms with Crippen molar-refractivity contribution in [2.75, 3.05) is 27.3 Å². The van der Waals surface area contributed by atoms with Gasteiger partial charge in [-0.15, -0.1) is 0 Å². The van der Waals surface area contributed by atoms with Gasteiger partial charge in [0.15, 0.2) is 0 Å². The minimum absolute atomic E-state index is 0.0794. The summed E-state index contributed by atoms with van der Waals surface area (Å²) in [5.41, 5.74) is 1.07. The summed E-state index contributed by atoms with van der Waals surface area (Å²) in [7, 11) is 3.31. The Kier molecular flexibility index (Phi) is 4.28. The highest BCUT2D eigenvalue weighted by Gasteiger charge is 2.42. The lowest BCUT2D eigenvalue weighted by atomic mass is 10.1. The van der Waals surface area contributed by atoms with Gasteiger partial charge in [-0.1, -0.05) is 6.07 Å². The van der Waals surface area contributed by atoms with Crippen LogP contribution in [0.1, 0.15) is 18.4 Å². The molecule has 2 rings (SSSR count). The van der Waals surface area contributed by atoms with Gasteiger partial charge in [0.1, 0.15) is 11.5 Å². The van der Waals surface area contributed by atoms with E-state index in [1.165, 1.54) is 0 Å². The smallest absolute Gasteiger partial charge is 0.125 e. The van der Waals surface area contributed by atoms with Crippen LogP contribution in [0.5, 0.6) is 11.5 Å². The zero-order valence-corrected chi connectivity index (χ0v) is 11.5. The number of nitrogens with zero attached hydrogens (tertiary/aromatic N) is 1. The molecule has 1 saturated carbocycles. The summed E-state index contributed by atoms with van der Waals surface area (Å²) in [6.45, 7) is 1.65. The van der Waals surface area contributed by atoms with Gasteiger partial charge in [-0.3, -0.25) is 0 Å². The first-order valence-corrected chi connectivity index (χ1v) is 6.56. The van der Waals surface area contributed by atoms with Crippen molar-refractivity contribution in [3.8, 4) is 17.6 Å². The third kappa shape index (κ3) is 3.39. The molecule has 0 heterocycles. The third-order valence-corrected chi connectivity index (χ3v) is 3.62. The number of ether oxygens (including phenoxy) is 2. The van der Waals surface area contributed by atoms with E-state index in [1.54, 1.807) is 14.2 Å². The van der Waals surface area contributed by atoms with Gasteiger partial charge < -0.3 is 14.8 Å². The number of rotatable bonds is 7. The Labute approximate surface area is 114 Å². The maximum absolute atomic E-state index is 8.99. The molecule has 4 heteroatoms. The van der Waals surface area contributed by atoms with Gasteiger partial charge in [0.25, 0.3) is 0 Å². The standard InChI is InChI=1S/C15H20N2O2/c1-18-13-4-3-12(14(9-13)19-2)5-8-17-11-15(10-16)6-7-15/h3-4,9,17H,5-8,11H2,1-2H3. The van der Waals surface area contributed by atoms with Gasteiger partial charge in [-0.25, -0.2) is 0 Å².